The molecule has 0 saturated carbocycles. The molecule has 0 aromatic heterocycles. The van der Waals surface area contributed by atoms with Gasteiger partial charge in [0.1, 0.15) is 5.83 Å². The Morgan fingerprint density at radius 1 is 1.14 bits per heavy atom. The first-order valence-electron chi connectivity index (χ1n) is 4.89. The van der Waals surface area contributed by atoms with Crippen LogP contribution in [0.3, 0.4) is 0 Å². The van der Waals surface area contributed by atoms with Crippen molar-refractivity contribution in [2.45, 2.75) is 19.8 Å². The number of benzene rings is 1. The van der Waals surface area contributed by atoms with E-state index < -0.39 is 0 Å². The second-order valence-electron chi connectivity index (χ2n) is 3.66. The first-order chi connectivity index (χ1) is 6.75. The van der Waals surface area contributed by atoms with Gasteiger partial charge in [0.15, 0.2) is 0 Å². The minimum Gasteiger partial charge on any atom is -0.207 e. The van der Waals surface area contributed by atoms with Gasteiger partial charge >= 0.3 is 0 Å². The van der Waals surface area contributed by atoms with Gasteiger partial charge in [-0.1, -0.05) is 29.8 Å². The fourth-order valence-electron chi connectivity index (χ4n) is 1.66. The molecule has 0 saturated heterocycles. The van der Waals surface area contributed by atoms with E-state index in [4.69, 9.17) is 0 Å². The van der Waals surface area contributed by atoms with Crippen LogP contribution in [-0.4, -0.2) is 0 Å². The molecule has 0 fully saturated rings. The third kappa shape index (κ3) is 1.92. The molecule has 1 aliphatic rings. The van der Waals surface area contributed by atoms with Gasteiger partial charge in [-0.25, -0.2) is 4.39 Å². The van der Waals surface area contributed by atoms with Crippen LogP contribution in [-0.2, 0) is 0 Å². The van der Waals surface area contributed by atoms with E-state index in [-0.39, 0.29) is 5.83 Å². The topological polar surface area (TPSA) is 0 Å². The van der Waals surface area contributed by atoms with E-state index in [1.165, 1.54) is 5.56 Å². The largest absolute Gasteiger partial charge is 0.207 e. The number of allylic oxidation sites excluding steroid dienone is 4. The first kappa shape index (κ1) is 9.20. The van der Waals surface area contributed by atoms with Crippen molar-refractivity contribution >= 4 is 5.57 Å². The Balaban J connectivity index is 2.31. The molecule has 0 bridgehead atoms. The van der Waals surface area contributed by atoms with Crippen LogP contribution in [0.2, 0.25) is 0 Å². The Morgan fingerprint density at radius 2 is 1.86 bits per heavy atom. The minimum absolute atomic E-state index is 0.105. The summed E-state index contributed by atoms with van der Waals surface area (Å²) in [4.78, 5) is 0. The van der Waals surface area contributed by atoms with Crippen LogP contribution in [0.5, 0.6) is 0 Å². The van der Waals surface area contributed by atoms with Gasteiger partial charge in [0, 0.05) is 0 Å². The van der Waals surface area contributed by atoms with Crippen molar-refractivity contribution in [2.24, 2.45) is 0 Å². The molecule has 0 heterocycles. The summed E-state index contributed by atoms with van der Waals surface area (Å²) < 4.78 is 13.0. The summed E-state index contributed by atoms with van der Waals surface area (Å²) in [5.41, 5.74) is 3.48. The number of rotatable bonds is 1. The number of hydrogen-bond donors (Lipinski definition) is 0. The van der Waals surface area contributed by atoms with Crippen molar-refractivity contribution in [1.29, 1.82) is 0 Å². The van der Waals surface area contributed by atoms with E-state index in [2.05, 4.69) is 31.2 Å². The van der Waals surface area contributed by atoms with Gasteiger partial charge in [-0.2, -0.15) is 0 Å². The lowest BCUT2D eigenvalue weighted by atomic mass is 9.96. The molecule has 0 nitrogen and oxygen atoms in total. The summed E-state index contributed by atoms with van der Waals surface area (Å²) in [6.07, 6.45) is 5.02. The zero-order chi connectivity index (χ0) is 9.97. The molecule has 1 aromatic carbocycles. The van der Waals surface area contributed by atoms with Crippen LogP contribution in [0, 0.1) is 6.92 Å². The molecule has 0 N–H and O–H groups in total. The van der Waals surface area contributed by atoms with Gasteiger partial charge < -0.3 is 0 Å². The zero-order valence-electron chi connectivity index (χ0n) is 8.26. The summed E-state index contributed by atoms with van der Waals surface area (Å²) >= 11 is 0. The summed E-state index contributed by atoms with van der Waals surface area (Å²) in [7, 11) is 0. The smallest absolute Gasteiger partial charge is 0.119 e. The molecule has 0 spiro atoms. The standard InChI is InChI=1S/C13H13F/c1-10-5-7-11(8-6-10)12-3-2-4-13(14)9-12/h4-9H,2-3H2,1H3. The predicted octanol–water partition coefficient (Wildman–Crippen LogP) is 4.03. The van der Waals surface area contributed by atoms with Crippen molar-refractivity contribution in [3.63, 3.8) is 0 Å². The number of aryl methyl sites for hydroxylation is 1. The average Bonchev–Trinajstić information content (AvgIpc) is 2.19. The predicted molar refractivity (Wildman–Crippen MR) is 57.6 cm³/mol. The molecule has 1 aliphatic carbocycles. The summed E-state index contributed by atoms with van der Waals surface area (Å²) in [5.74, 6) is -0.105. The molecular formula is C13H13F. The lowest BCUT2D eigenvalue weighted by molar-refractivity contribution is 0.654. The maximum Gasteiger partial charge on any atom is 0.119 e. The van der Waals surface area contributed by atoms with Gasteiger partial charge in [0.05, 0.1) is 0 Å². The van der Waals surface area contributed by atoms with E-state index in [1.807, 2.05) is 0 Å². The molecular weight excluding hydrogens is 175 g/mol. The Labute approximate surface area is 83.8 Å². The van der Waals surface area contributed by atoms with Gasteiger partial charge in [0.2, 0.25) is 0 Å². The van der Waals surface area contributed by atoms with Crippen molar-refractivity contribution in [1.82, 2.24) is 0 Å². The van der Waals surface area contributed by atoms with Crippen molar-refractivity contribution < 1.29 is 4.39 Å². The van der Waals surface area contributed by atoms with E-state index in [1.54, 1.807) is 12.2 Å². The van der Waals surface area contributed by atoms with Crippen LogP contribution < -0.4 is 0 Å². The van der Waals surface area contributed by atoms with Crippen molar-refractivity contribution in [2.75, 3.05) is 0 Å². The van der Waals surface area contributed by atoms with E-state index in [0.717, 1.165) is 24.0 Å². The highest BCUT2D eigenvalue weighted by Gasteiger charge is 2.06. The fraction of sp³-hybridized carbons (Fsp3) is 0.231. The molecule has 1 heteroatoms. The van der Waals surface area contributed by atoms with Gasteiger partial charge in [-0.05, 0) is 43.1 Å². The zero-order valence-corrected chi connectivity index (χ0v) is 8.26. The first-order valence-corrected chi connectivity index (χ1v) is 4.89. The molecule has 1 aromatic rings. The summed E-state index contributed by atoms with van der Waals surface area (Å²) in [5, 5.41) is 0. The highest BCUT2D eigenvalue weighted by molar-refractivity contribution is 5.69. The molecule has 72 valence electrons. The molecule has 0 aliphatic heterocycles. The van der Waals surface area contributed by atoms with E-state index >= 15 is 0 Å². The van der Waals surface area contributed by atoms with E-state index in [0.29, 0.717) is 0 Å². The van der Waals surface area contributed by atoms with Crippen LogP contribution >= 0.6 is 0 Å². The van der Waals surface area contributed by atoms with Crippen molar-refractivity contribution in [3.8, 4) is 0 Å². The van der Waals surface area contributed by atoms with Crippen LogP contribution in [0.15, 0.2) is 42.2 Å². The van der Waals surface area contributed by atoms with Crippen molar-refractivity contribution in [3.05, 3.63) is 53.4 Å². The monoisotopic (exact) mass is 188 g/mol. The second-order valence-corrected chi connectivity index (χ2v) is 3.66. The van der Waals surface area contributed by atoms with Crippen LogP contribution in [0.4, 0.5) is 4.39 Å². The maximum absolute atomic E-state index is 13.0. The third-order valence-corrected chi connectivity index (χ3v) is 2.49. The normalized spacial score (nSPS) is 16.1. The molecule has 0 amide bonds. The average molecular weight is 188 g/mol. The summed E-state index contributed by atoms with van der Waals surface area (Å²) in [6, 6.07) is 8.23. The quantitative estimate of drug-likeness (QED) is 0.624. The van der Waals surface area contributed by atoms with Crippen LogP contribution in [0.25, 0.3) is 5.57 Å². The third-order valence-electron chi connectivity index (χ3n) is 2.49. The number of hydrogen-bond acceptors (Lipinski definition) is 0. The molecule has 0 atom stereocenters. The van der Waals surface area contributed by atoms with Gasteiger partial charge in [0.25, 0.3) is 0 Å². The molecule has 2 rings (SSSR count). The Hall–Kier alpha value is -1.37. The highest BCUT2D eigenvalue weighted by atomic mass is 19.1. The lowest BCUT2D eigenvalue weighted by Gasteiger charge is -2.10. The maximum atomic E-state index is 13.0. The van der Waals surface area contributed by atoms with Gasteiger partial charge in [-0.15, -0.1) is 0 Å². The molecule has 14 heavy (non-hydrogen) atoms. The van der Waals surface area contributed by atoms with Gasteiger partial charge in [-0.3, -0.25) is 0 Å². The SMILES string of the molecule is Cc1ccc(C2=CC(F)=CCC2)cc1. The molecule has 0 radical (unpaired) electrons. The Bertz CT molecular complexity index is 382. The van der Waals surface area contributed by atoms with E-state index in [9.17, 15) is 4.39 Å². The lowest BCUT2D eigenvalue weighted by Crippen LogP contribution is -1.90. The highest BCUT2D eigenvalue weighted by Crippen LogP contribution is 2.26. The fourth-order valence-corrected chi connectivity index (χ4v) is 1.66. The summed E-state index contributed by atoms with van der Waals surface area (Å²) in [6.45, 7) is 2.06. The minimum atomic E-state index is -0.105. The van der Waals surface area contributed by atoms with Crippen LogP contribution in [0.1, 0.15) is 24.0 Å². The second kappa shape index (κ2) is 3.79. The molecule has 0 unspecified atom stereocenters. The Morgan fingerprint density at radius 3 is 2.50 bits per heavy atom. The number of halogens is 1. The Kier molecular flexibility index (Phi) is 2.49.